The Kier molecular flexibility index (Phi) is 9.60. The summed E-state index contributed by atoms with van der Waals surface area (Å²) < 4.78 is 14.3. The molecule has 31 heavy (non-hydrogen) atoms. The van der Waals surface area contributed by atoms with Gasteiger partial charge in [0.1, 0.15) is 11.9 Å². The molecule has 0 heterocycles. The van der Waals surface area contributed by atoms with Crippen molar-refractivity contribution in [3.05, 3.63) is 68.4 Å². The van der Waals surface area contributed by atoms with E-state index < -0.39 is 17.8 Å². The van der Waals surface area contributed by atoms with Crippen LogP contribution in [0.2, 0.25) is 15.1 Å². The highest BCUT2D eigenvalue weighted by molar-refractivity contribution is 6.42. The number of benzene rings is 2. The standard InChI is InChI=1S/C23H26Cl3FN2O2/c1-4-14(3)28-23(31)21(5-2)29(13-15-9-10-18(25)19(26)11-15)22(30)12-16-17(24)7-6-8-20(16)27/h6-11,14,21H,4-5,12-13H2,1-3H3,(H,28,31)/t14-,21+/m1/s1. The molecule has 2 amide bonds. The summed E-state index contributed by atoms with van der Waals surface area (Å²) in [6, 6.07) is 8.52. The van der Waals surface area contributed by atoms with Crippen LogP contribution in [0, 0.1) is 5.82 Å². The first-order valence-corrected chi connectivity index (χ1v) is 11.3. The van der Waals surface area contributed by atoms with Gasteiger partial charge in [0.25, 0.3) is 0 Å². The van der Waals surface area contributed by atoms with E-state index >= 15 is 0 Å². The van der Waals surface area contributed by atoms with E-state index in [1.807, 2.05) is 20.8 Å². The van der Waals surface area contributed by atoms with Gasteiger partial charge in [0.15, 0.2) is 0 Å². The molecule has 0 saturated carbocycles. The van der Waals surface area contributed by atoms with Crippen molar-refractivity contribution in [2.45, 2.75) is 58.7 Å². The van der Waals surface area contributed by atoms with Crippen molar-refractivity contribution in [2.75, 3.05) is 0 Å². The molecule has 8 heteroatoms. The zero-order valence-corrected chi connectivity index (χ0v) is 20.0. The third kappa shape index (κ3) is 6.83. The van der Waals surface area contributed by atoms with Crippen molar-refractivity contribution in [3.63, 3.8) is 0 Å². The molecule has 0 aliphatic heterocycles. The van der Waals surface area contributed by atoms with Crippen LogP contribution < -0.4 is 5.32 Å². The molecule has 2 aromatic rings. The molecule has 2 rings (SSSR count). The number of carbonyl (C=O) groups is 2. The van der Waals surface area contributed by atoms with Crippen molar-refractivity contribution in [1.82, 2.24) is 10.2 Å². The third-order valence-electron chi connectivity index (χ3n) is 5.11. The van der Waals surface area contributed by atoms with Crippen LogP contribution >= 0.6 is 34.8 Å². The zero-order chi connectivity index (χ0) is 23.1. The predicted molar refractivity (Wildman–Crippen MR) is 124 cm³/mol. The lowest BCUT2D eigenvalue weighted by Gasteiger charge is -2.31. The Bertz CT molecular complexity index is 919. The maximum absolute atomic E-state index is 14.3. The van der Waals surface area contributed by atoms with Gasteiger partial charge in [0.2, 0.25) is 11.8 Å². The highest BCUT2D eigenvalue weighted by Crippen LogP contribution is 2.25. The quantitative estimate of drug-likeness (QED) is 0.468. The van der Waals surface area contributed by atoms with E-state index in [1.165, 1.54) is 23.1 Å². The van der Waals surface area contributed by atoms with Crippen LogP contribution in [0.4, 0.5) is 4.39 Å². The first-order valence-electron chi connectivity index (χ1n) is 10.1. The molecule has 0 fully saturated rings. The Morgan fingerprint density at radius 1 is 1.03 bits per heavy atom. The van der Waals surface area contributed by atoms with Crippen LogP contribution in [0.25, 0.3) is 0 Å². The molecule has 168 valence electrons. The van der Waals surface area contributed by atoms with Gasteiger partial charge in [0, 0.05) is 23.2 Å². The average molecular weight is 488 g/mol. The summed E-state index contributed by atoms with van der Waals surface area (Å²) in [5, 5.41) is 3.83. The normalized spacial score (nSPS) is 12.9. The smallest absolute Gasteiger partial charge is 0.243 e. The number of nitrogens with zero attached hydrogens (tertiary/aromatic N) is 1. The van der Waals surface area contributed by atoms with Crippen molar-refractivity contribution >= 4 is 46.6 Å². The summed E-state index contributed by atoms with van der Waals surface area (Å²) >= 11 is 18.3. The Morgan fingerprint density at radius 2 is 1.74 bits per heavy atom. The molecule has 0 saturated heterocycles. The largest absolute Gasteiger partial charge is 0.352 e. The maximum atomic E-state index is 14.3. The number of halogens is 4. The van der Waals surface area contributed by atoms with Crippen LogP contribution in [0.3, 0.4) is 0 Å². The van der Waals surface area contributed by atoms with E-state index in [2.05, 4.69) is 5.32 Å². The van der Waals surface area contributed by atoms with Gasteiger partial charge in [-0.05, 0) is 49.6 Å². The fourth-order valence-corrected chi connectivity index (χ4v) is 3.70. The van der Waals surface area contributed by atoms with Gasteiger partial charge in [-0.1, -0.05) is 60.8 Å². The fourth-order valence-electron chi connectivity index (χ4n) is 3.15. The van der Waals surface area contributed by atoms with E-state index in [0.717, 1.165) is 6.42 Å². The lowest BCUT2D eigenvalue weighted by Crippen LogP contribution is -2.51. The summed E-state index contributed by atoms with van der Waals surface area (Å²) in [6.07, 6.45) is 0.883. The average Bonchev–Trinajstić information content (AvgIpc) is 2.73. The van der Waals surface area contributed by atoms with Crippen molar-refractivity contribution in [1.29, 1.82) is 0 Å². The first kappa shape index (κ1) is 25.4. The molecular formula is C23H26Cl3FN2O2. The second kappa shape index (κ2) is 11.7. The molecule has 0 spiro atoms. The van der Waals surface area contributed by atoms with Crippen LogP contribution in [-0.2, 0) is 22.6 Å². The van der Waals surface area contributed by atoms with Gasteiger partial charge >= 0.3 is 0 Å². The van der Waals surface area contributed by atoms with E-state index in [0.29, 0.717) is 22.0 Å². The van der Waals surface area contributed by atoms with Crippen LogP contribution in [0.1, 0.15) is 44.7 Å². The van der Waals surface area contributed by atoms with E-state index in [9.17, 15) is 14.0 Å². The minimum atomic E-state index is -0.735. The SMILES string of the molecule is CC[C@@H](C)NC(=O)[C@H](CC)N(Cc1ccc(Cl)c(Cl)c1)C(=O)Cc1c(F)cccc1Cl. The van der Waals surface area contributed by atoms with Gasteiger partial charge in [-0.3, -0.25) is 9.59 Å². The summed E-state index contributed by atoms with van der Waals surface area (Å²) in [5.41, 5.74) is 0.808. The highest BCUT2D eigenvalue weighted by Gasteiger charge is 2.30. The molecule has 0 aliphatic carbocycles. The highest BCUT2D eigenvalue weighted by atomic mass is 35.5. The minimum Gasteiger partial charge on any atom is -0.352 e. The molecule has 0 bridgehead atoms. The summed E-state index contributed by atoms with van der Waals surface area (Å²) in [6.45, 7) is 5.81. The van der Waals surface area contributed by atoms with Gasteiger partial charge in [-0.25, -0.2) is 4.39 Å². The Balaban J connectivity index is 2.38. The second-order valence-corrected chi connectivity index (χ2v) is 8.61. The molecule has 4 nitrogen and oxygen atoms in total. The lowest BCUT2D eigenvalue weighted by molar-refractivity contribution is -0.141. The molecule has 1 N–H and O–H groups in total. The Morgan fingerprint density at radius 3 is 2.32 bits per heavy atom. The van der Waals surface area contributed by atoms with E-state index in [1.54, 1.807) is 18.2 Å². The number of nitrogens with one attached hydrogen (secondary N) is 1. The Hall–Kier alpha value is -1.82. The first-order chi connectivity index (χ1) is 14.7. The molecule has 2 aromatic carbocycles. The Labute approximate surface area is 197 Å². The number of carbonyl (C=O) groups excluding carboxylic acids is 2. The van der Waals surface area contributed by atoms with Gasteiger partial charge in [-0.15, -0.1) is 0 Å². The molecule has 0 radical (unpaired) electrons. The van der Waals surface area contributed by atoms with Gasteiger partial charge in [-0.2, -0.15) is 0 Å². The van der Waals surface area contributed by atoms with Gasteiger partial charge in [0.05, 0.1) is 16.5 Å². The van der Waals surface area contributed by atoms with E-state index in [-0.39, 0.29) is 35.5 Å². The molecule has 0 aliphatic rings. The van der Waals surface area contributed by atoms with Crippen LogP contribution in [-0.4, -0.2) is 28.8 Å². The van der Waals surface area contributed by atoms with Crippen molar-refractivity contribution in [3.8, 4) is 0 Å². The van der Waals surface area contributed by atoms with E-state index in [4.69, 9.17) is 34.8 Å². The topological polar surface area (TPSA) is 49.4 Å². The molecule has 2 atom stereocenters. The van der Waals surface area contributed by atoms with Crippen LogP contribution in [0.5, 0.6) is 0 Å². The number of hydrogen-bond donors (Lipinski definition) is 1. The number of hydrogen-bond acceptors (Lipinski definition) is 2. The van der Waals surface area contributed by atoms with Gasteiger partial charge < -0.3 is 10.2 Å². The fraction of sp³-hybridized carbons (Fsp3) is 0.391. The summed E-state index contributed by atoms with van der Waals surface area (Å²) in [7, 11) is 0. The number of rotatable bonds is 9. The second-order valence-electron chi connectivity index (χ2n) is 7.39. The molecular weight excluding hydrogens is 462 g/mol. The lowest BCUT2D eigenvalue weighted by atomic mass is 10.1. The minimum absolute atomic E-state index is 0.0375. The van der Waals surface area contributed by atoms with Crippen molar-refractivity contribution < 1.29 is 14.0 Å². The molecule has 0 unspecified atom stereocenters. The molecule has 0 aromatic heterocycles. The summed E-state index contributed by atoms with van der Waals surface area (Å²) in [4.78, 5) is 27.7. The predicted octanol–water partition coefficient (Wildman–Crippen LogP) is 6.05. The summed E-state index contributed by atoms with van der Waals surface area (Å²) in [5.74, 6) is -1.23. The third-order valence-corrected chi connectivity index (χ3v) is 6.21. The zero-order valence-electron chi connectivity index (χ0n) is 17.7. The monoisotopic (exact) mass is 486 g/mol. The van der Waals surface area contributed by atoms with Crippen molar-refractivity contribution in [2.24, 2.45) is 0 Å². The number of amides is 2. The van der Waals surface area contributed by atoms with Crippen LogP contribution in [0.15, 0.2) is 36.4 Å². The maximum Gasteiger partial charge on any atom is 0.243 e.